The van der Waals surface area contributed by atoms with Crippen LogP contribution < -0.4 is 10.6 Å². The maximum Gasteiger partial charge on any atom is 0.241 e. The van der Waals surface area contributed by atoms with Gasteiger partial charge in [0.2, 0.25) is 5.91 Å². The average Bonchev–Trinajstić information content (AvgIpc) is 2.63. The predicted molar refractivity (Wildman–Crippen MR) is 105 cm³/mol. The lowest BCUT2D eigenvalue weighted by Gasteiger charge is -2.15. The molecule has 2 rings (SSSR count). The molecule has 0 fully saturated rings. The smallest absolute Gasteiger partial charge is 0.241 e. The Hall–Kier alpha value is -2.34. The molecule has 2 aromatic carbocycles. The van der Waals surface area contributed by atoms with Crippen LogP contribution in [0.25, 0.3) is 0 Å². The average molecular weight is 403 g/mol. The van der Waals surface area contributed by atoms with Crippen LogP contribution in [0.4, 0.5) is 0 Å². The predicted octanol–water partition coefficient (Wildman–Crippen LogP) is 2.77. The second kappa shape index (κ2) is 9.84. The molecule has 0 aromatic heterocycles. The zero-order chi connectivity index (χ0) is 18.1. The van der Waals surface area contributed by atoms with Crippen LogP contribution in [0.1, 0.15) is 11.1 Å². The molecule has 6 heteroatoms. The zero-order valence-corrected chi connectivity index (χ0v) is 16.1. The number of amides is 1. The lowest BCUT2D eigenvalue weighted by Crippen LogP contribution is -2.42. The normalized spacial score (nSPS) is 11.1. The van der Waals surface area contributed by atoms with Crippen LogP contribution in [-0.4, -0.2) is 37.4 Å². The second-order valence-electron chi connectivity index (χ2n) is 5.77. The van der Waals surface area contributed by atoms with Crippen LogP contribution in [0.15, 0.2) is 64.1 Å². The number of carbonyl (C=O) groups is 1. The lowest BCUT2D eigenvalue weighted by atomic mass is 10.2. The topological polar surface area (TPSA) is 56.7 Å². The molecule has 132 valence electrons. The van der Waals surface area contributed by atoms with Crippen LogP contribution in [0.5, 0.6) is 0 Å². The van der Waals surface area contributed by atoms with Gasteiger partial charge in [0.05, 0.1) is 13.1 Å². The van der Waals surface area contributed by atoms with Crippen molar-refractivity contribution in [3.05, 3.63) is 70.2 Å². The molecular formula is C19H23BrN4O. The van der Waals surface area contributed by atoms with Gasteiger partial charge in [0.1, 0.15) is 0 Å². The monoisotopic (exact) mass is 402 g/mol. The van der Waals surface area contributed by atoms with Crippen molar-refractivity contribution >= 4 is 27.8 Å². The maximum absolute atomic E-state index is 11.8. The number of rotatable bonds is 6. The van der Waals surface area contributed by atoms with Crippen molar-refractivity contribution in [2.45, 2.75) is 13.1 Å². The first-order valence-electron chi connectivity index (χ1n) is 8.05. The summed E-state index contributed by atoms with van der Waals surface area (Å²) in [5.74, 6) is 0.611. The first kappa shape index (κ1) is 19.0. The van der Waals surface area contributed by atoms with Gasteiger partial charge in [-0.1, -0.05) is 58.4 Å². The van der Waals surface area contributed by atoms with E-state index in [2.05, 4.69) is 31.6 Å². The largest absolute Gasteiger partial charge is 0.352 e. The summed E-state index contributed by atoms with van der Waals surface area (Å²) in [4.78, 5) is 17.9. The lowest BCUT2D eigenvalue weighted by molar-refractivity contribution is -0.127. The summed E-state index contributed by atoms with van der Waals surface area (Å²) in [6, 6.07) is 18.1. The summed E-state index contributed by atoms with van der Waals surface area (Å²) in [5.41, 5.74) is 2.25. The number of hydrogen-bond acceptors (Lipinski definition) is 2. The molecule has 0 saturated heterocycles. The summed E-state index contributed by atoms with van der Waals surface area (Å²) in [7, 11) is 3.47. The van der Waals surface area contributed by atoms with Gasteiger partial charge < -0.3 is 15.5 Å². The van der Waals surface area contributed by atoms with Gasteiger partial charge in [0.25, 0.3) is 0 Å². The highest BCUT2D eigenvalue weighted by Crippen LogP contribution is 2.10. The van der Waals surface area contributed by atoms with Crippen LogP contribution >= 0.6 is 15.9 Å². The molecule has 2 N–H and O–H groups in total. The molecule has 5 nitrogen and oxygen atoms in total. The van der Waals surface area contributed by atoms with Gasteiger partial charge in [-0.05, 0) is 23.3 Å². The van der Waals surface area contributed by atoms with Crippen molar-refractivity contribution in [2.24, 2.45) is 4.99 Å². The van der Waals surface area contributed by atoms with E-state index in [1.54, 1.807) is 19.0 Å². The highest BCUT2D eigenvalue weighted by Gasteiger charge is 2.06. The molecule has 2 aromatic rings. The molecule has 0 bridgehead atoms. The summed E-state index contributed by atoms with van der Waals surface area (Å²) >= 11 is 3.43. The van der Waals surface area contributed by atoms with E-state index in [4.69, 9.17) is 0 Å². The Morgan fingerprint density at radius 3 is 2.32 bits per heavy atom. The van der Waals surface area contributed by atoms with Crippen LogP contribution in [0.2, 0.25) is 0 Å². The Labute approximate surface area is 157 Å². The molecule has 1 amide bonds. The molecule has 0 aliphatic rings. The van der Waals surface area contributed by atoms with E-state index >= 15 is 0 Å². The molecule has 25 heavy (non-hydrogen) atoms. The summed E-state index contributed by atoms with van der Waals surface area (Å²) in [5, 5.41) is 6.36. The molecule has 0 spiro atoms. The Balaban J connectivity index is 1.99. The number of hydrogen-bond donors (Lipinski definition) is 2. The Bertz CT molecular complexity index is 699. The SMILES string of the molecule is CN(C)C(=O)CNC(=NCc1ccccc1)NCc1ccc(Br)cc1. The number of carbonyl (C=O) groups excluding carboxylic acids is 1. The fourth-order valence-electron chi connectivity index (χ4n) is 2.03. The zero-order valence-electron chi connectivity index (χ0n) is 14.5. The Morgan fingerprint density at radius 1 is 1.00 bits per heavy atom. The Morgan fingerprint density at radius 2 is 1.68 bits per heavy atom. The third-order valence-corrected chi connectivity index (χ3v) is 4.07. The van der Waals surface area contributed by atoms with Crippen LogP contribution in [0.3, 0.4) is 0 Å². The van der Waals surface area contributed by atoms with Crippen LogP contribution in [-0.2, 0) is 17.9 Å². The van der Waals surface area contributed by atoms with Gasteiger partial charge in [-0.25, -0.2) is 4.99 Å². The van der Waals surface area contributed by atoms with E-state index in [-0.39, 0.29) is 12.5 Å². The van der Waals surface area contributed by atoms with Gasteiger partial charge in [-0.15, -0.1) is 0 Å². The highest BCUT2D eigenvalue weighted by atomic mass is 79.9. The van der Waals surface area contributed by atoms with Crippen molar-refractivity contribution in [1.29, 1.82) is 0 Å². The van der Waals surface area contributed by atoms with Crippen molar-refractivity contribution in [3.8, 4) is 0 Å². The molecule has 0 aliphatic heterocycles. The van der Waals surface area contributed by atoms with Crippen molar-refractivity contribution < 1.29 is 4.79 Å². The molecule has 0 radical (unpaired) electrons. The number of likely N-dealkylation sites (N-methyl/N-ethyl adjacent to an activating group) is 1. The molecule has 0 unspecified atom stereocenters. The maximum atomic E-state index is 11.8. The minimum Gasteiger partial charge on any atom is -0.352 e. The molecule has 0 heterocycles. The van der Waals surface area contributed by atoms with E-state index in [1.165, 1.54) is 0 Å². The van der Waals surface area contributed by atoms with Crippen LogP contribution in [0, 0.1) is 0 Å². The van der Waals surface area contributed by atoms with E-state index in [0.717, 1.165) is 15.6 Å². The first-order valence-corrected chi connectivity index (χ1v) is 8.84. The third-order valence-electron chi connectivity index (χ3n) is 3.54. The number of benzene rings is 2. The van der Waals surface area contributed by atoms with Crippen molar-refractivity contribution in [1.82, 2.24) is 15.5 Å². The highest BCUT2D eigenvalue weighted by molar-refractivity contribution is 9.10. The minimum absolute atomic E-state index is 0.00199. The van der Waals surface area contributed by atoms with Gasteiger partial charge in [0.15, 0.2) is 5.96 Å². The fraction of sp³-hybridized carbons (Fsp3) is 0.263. The number of nitrogens with zero attached hydrogens (tertiary/aromatic N) is 2. The van der Waals surface area contributed by atoms with E-state index < -0.39 is 0 Å². The van der Waals surface area contributed by atoms with Gasteiger partial charge >= 0.3 is 0 Å². The summed E-state index contributed by atoms with van der Waals surface area (Å²) < 4.78 is 1.05. The van der Waals surface area contributed by atoms with E-state index in [0.29, 0.717) is 19.0 Å². The standard InChI is InChI=1S/C19H23BrN4O/c1-24(2)18(25)14-23-19(21-12-15-6-4-3-5-7-15)22-13-16-8-10-17(20)11-9-16/h3-11H,12-14H2,1-2H3,(H2,21,22,23). The third kappa shape index (κ3) is 6.97. The number of aliphatic imine (C=N–C) groups is 1. The molecule has 0 saturated carbocycles. The first-order chi connectivity index (χ1) is 12.0. The van der Waals surface area contributed by atoms with Gasteiger partial charge in [0, 0.05) is 25.1 Å². The van der Waals surface area contributed by atoms with Crippen molar-refractivity contribution in [2.75, 3.05) is 20.6 Å². The molecule has 0 atom stereocenters. The van der Waals surface area contributed by atoms with Gasteiger partial charge in [-0.2, -0.15) is 0 Å². The van der Waals surface area contributed by atoms with Crippen molar-refractivity contribution in [3.63, 3.8) is 0 Å². The second-order valence-corrected chi connectivity index (χ2v) is 6.69. The number of halogens is 1. The minimum atomic E-state index is -0.00199. The summed E-state index contributed by atoms with van der Waals surface area (Å²) in [6.07, 6.45) is 0. The van der Waals surface area contributed by atoms with E-state index in [1.807, 2.05) is 54.6 Å². The van der Waals surface area contributed by atoms with Gasteiger partial charge in [-0.3, -0.25) is 4.79 Å². The fourth-order valence-corrected chi connectivity index (χ4v) is 2.30. The van der Waals surface area contributed by atoms with E-state index in [9.17, 15) is 4.79 Å². The Kier molecular flexibility index (Phi) is 7.47. The number of nitrogens with one attached hydrogen (secondary N) is 2. The molecule has 0 aliphatic carbocycles. The molecular weight excluding hydrogens is 380 g/mol. The quantitative estimate of drug-likeness (QED) is 0.576. The number of guanidine groups is 1. The summed E-state index contributed by atoms with van der Waals surface area (Å²) in [6.45, 7) is 1.38.